The fraction of sp³-hybridized carbons (Fsp3) is 0.294. The van der Waals surface area contributed by atoms with Gasteiger partial charge in [-0.1, -0.05) is 6.92 Å². The predicted octanol–water partition coefficient (Wildman–Crippen LogP) is 3.51. The molecule has 0 amide bonds. The van der Waals surface area contributed by atoms with Crippen LogP contribution in [0.4, 0.5) is 0 Å². The topological polar surface area (TPSA) is 89.4 Å². The zero-order valence-corrected chi connectivity index (χ0v) is 14.0. The number of aromatic hydroxyl groups is 1. The van der Waals surface area contributed by atoms with Crippen molar-refractivity contribution in [2.75, 3.05) is 0 Å². The van der Waals surface area contributed by atoms with E-state index in [0.29, 0.717) is 39.3 Å². The van der Waals surface area contributed by atoms with Gasteiger partial charge in [0.05, 0.1) is 17.0 Å². The molecule has 0 saturated carbocycles. The Morgan fingerprint density at radius 1 is 1.43 bits per heavy atom. The highest BCUT2D eigenvalue weighted by molar-refractivity contribution is 7.13. The maximum absolute atomic E-state index is 13.0. The smallest absolute Gasteiger partial charge is 0.203 e. The van der Waals surface area contributed by atoms with Gasteiger partial charge in [-0.15, -0.1) is 11.3 Å². The van der Waals surface area contributed by atoms with E-state index in [1.165, 1.54) is 17.4 Å². The maximum Gasteiger partial charge on any atom is 0.203 e. The summed E-state index contributed by atoms with van der Waals surface area (Å²) in [4.78, 5) is 17.4. The normalized spacial score (nSPS) is 12.7. The first-order valence-electron chi connectivity index (χ1n) is 7.43. The Balaban J connectivity index is 2.42. The van der Waals surface area contributed by atoms with Gasteiger partial charge in [-0.25, -0.2) is 4.98 Å². The SMILES string of the molecule is CCc1cc2c(=O)c(-c3nc(C)cs3)c(C(C)N)oc2cc1O. The molecule has 1 aromatic carbocycles. The molecule has 1 unspecified atom stereocenters. The molecule has 0 saturated heterocycles. The Labute approximate surface area is 137 Å². The summed E-state index contributed by atoms with van der Waals surface area (Å²) in [6.07, 6.45) is 0.627. The van der Waals surface area contributed by atoms with E-state index >= 15 is 0 Å². The summed E-state index contributed by atoms with van der Waals surface area (Å²) in [5.41, 5.74) is 8.14. The van der Waals surface area contributed by atoms with E-state index in [-0.39, 0.29) is 11.2 Å². The van der Waals surface area contributed by atoms with Crippen molar-refractivity contribution < 1.29 is 9.52 Å². The third kappa shape index (κ3) is 2.64. The molecule has 3 rings (SSSR count). The summed E-state index contributed by atoms with van der Waals surface area (Å²) in [6, 6.07) is 2.71. The number of hydrogen-bond acceptors (Lipinski definition) is 6. The van der Waals surface area contributed by atoms with Crippen LogP contribution < -0.4 is 11.2 Å². The average molecular weight is 330 g/mol. The molecule has 0 fully saturated rings. The van der Waals surface area contributed by atoms with Crippen LogP contribution in [0.5, 0.6) is 5.75 Å². The van der Waals surface area contributed by atoms with Crippen molar-refractivity contribution in [3.8, 4) is 16.3 Å². The number of nitrogens with two attached hydrogens (primary N) is 1. The Morgan fingerprint density at radius 3 is 2.74 bits per heavy atom. The van der Waals surface area contributed by atoms with Crippen molar-refractivity contribution in [2.24, 2.45) is 5.73 Å². The number of benzene rings is 1. The lowest BCUT2D eigenvalue weighted by molar-refractivity contribution is 0.464. The van der Waals surface area contributed by atoms with E-state index in [0.717, 1.165) is 5.69 Å². The number of aryl methyl sites for hydroxylation is 2. The molecule has 5 nitrogen and oxygen atoms in total. The second-order valence-electron chi connectivity index (χ2n) is 5.58. The van der Waals surface area contributed by atoms with Gasteiger partial charge in [-0.05, 0) is 31.9 Å². The summed E-state index contributed by atoms with van der Waals surface area (Å²) in [6.45, 7) is 5.56. The fourth-order valence-corrected chi connectivity index (χ4v) is 3.41. The third-order valence-electron chi connectivity index (χ3n) is 3.75. The lowest BCUT2D eigenvalue weighted by Gasteiger charge is -2.12. The zero-order chi connectivity index (χ0) is 16.7. The van der Waals surface area contributed by atoms with Crippen molar-refractivity contribution in [2.45, 2.75) is 33.2 Å². The number of phenols is 1. The maximum atomic E-state index is 13.0. The van der Waals surface area contributed by atoms with Crippen molar-refractivity contribution in [1.82, 2.24) is 4.98 Å². The van der Waals surface area contributed by atoms with Crippen LogP contribution in [-0.2, 0) is 6.42 Å². The molecular weight excluding hydrogens is 312 g/mol. The van der Waals surface area contributed by atoms with Gasteiger partial charge in [0.25, 0.3) is 0 Å². The molecular formula is C17H18N2O3S. The largest absolute Gasteiger partial charge is 0.508 e. The molecule has 3 aromatic rings. The van der Waals surface area contributed by atoms with Crippen LogP contribution in [0.2, 0.25) is 0 Å². The quantitative estimate of drug-likeness (QED) is 0.767. The molecule has 0 aliphatic carbocycles. The van der Waals surface area contributed by atoms with Gasteiger partial charge in [-0.2, -0.15) is 0 Å². The molecule has 3 N–H and O–H groups in total. The number of hydrogen-bond donors (Lipinski definition) is 2. The van der Waals surface area contributed by atoms with E-state index in [4.69, 9.17) is 10.2 Å². The van der Waals surface area contributed by atoms with Crippen LogP contribution in [0.1, 0.15) is 36.9 Å². The van der Waals surface area contributed by atoms with E-state index in [9.17, 15) is 9.90 Å². The molecule has 120 valence electrons. The first-order valence-corrected chi connectivity index (χ1v) is 8.31. The Bertz CT molecular complexity index is 941. The van der Waals surface area contributed by atoms with Crippen LogP contribution in [0, 0.1) is 6.92 Å². The van der Waals surface area contributed by atoms with E-state index in [1.807, 2.05) is 19.2 Å². The third-order valence-corrected chi connectivity index (χ3v) is 4.72. The van der Waals surface area contributed by atoms with Crippen molar-refractivity contribution >= 4 is 22.3 Å². The molecule has 0 aliphatic rings. The van der Waals surface area contributed by atoms with Gasteiger partial charge < -0.3 is 15.3 Å². The first kappa shape index (κ1) is 15.7. The Morgan fingerprint density at radius 2 is 2.17 bits per heavy atom. The number of aromatic nitrogens is 1. The van der Waals surface area contributed by atoms with E-state index in [1.54, 1.807) is 13.0 Å². The lowest BCUT2D eigenvalue weighted by atomic mass is 10.0. The Hall–Kier alpha value is -2.18. The minimum atomic E-state index is -0.459. The van der Waals surface area contributed by atoms with Gasteiger partial charge in [-0.3, -0.25) is 4.79 Å². The molecule has 23 heavy (non-hydrogen) atoms. The second kappa shape index (κ2) is 5.79. The first-order chi connectivity index (χ1) is 10.9. The molecule has 2 aromatic heterocycles. The van der Waals surface area contributed by atoms with Gasteiger partial charge >= 0.3 is 0 Å². The van der Waals surface area contributed by atoms with Crippen LogP contribution in [0.25, 0.3) is 21.5 Å². The fourth-order valence-electron chi connectivity index (χ4n) is 2.57. The van der Waals surface area contributed by atoms with E-state index < -0.39 is 6.04 Å². The second-order valence-corrected chi connectivity index (χ2v) is 6.44. The number of fused-ring (bicyclic) bond motifs is 1. The zero-order valence-electron chi connectivity index (χ0n) is 13.2. The molecule has 0 bridgehead atoms. The van der Waals surface area contributed by atoms with Crippen molar-refractivity contribution in [3.63, 3.8) is 0 Å². The van der Waals surface area contributed by atoms with Crippen LogP contribution in [-0.4, -0.2) is 10.1 Å². The van der Waals surface area contributed by atoms with E-state index in [2.05, 4.69) is 4.98 Å². The highest BCUT2D eigenvalue weighted by atomic mass is 32.1. The van der Waals surface area contributed by atoms with Gasteiger partial charge in [0.1, 0.15) is 22.1 Å². The standard InChI is InChI=1S/C17H18N2O3S/c1-4-10-5-11-13(6-12(10)20)22-16(9(3)18)14(15(11)21)17-19-8(2)7-23-17/h5-7,9,20H,4,18H2,1-3H3. The number of nitrogens with zero attached hydrogens (tertiary/aromatic N) is 1. The van der Waals surface area contributed by atoms with Gasteiger partial charge in [0.15, 0.2) is 0 Å². The lowest BCUT2D eigenvalue weighted by Crippen LogP contribution is -2.15. The molecule has 0 spiro atoms. The van der Waals surface area contributed by atoms with Crippen LogP contribution in [0.3, 0.4) is 0 Å². The van der Waals surface area contributed by atoms with Gasteiger partial charge in [0, 0.05) is 17.1 Å². The Kier molecular flexibility index (Phi) is 3.95. The van der Waals surface area contributed by atoms with Crippen LogP contribution >= 0.6 is 11.3 Å². The summed E-state index contributed by atoms with van der Waals surface area (Å²) in [5.74, 6) is 0.511. The highest BCUT2D eigenvalue weighted by Crippen LogP contribution is 2.32. The summed E-state index contributed by atoms with van der Waals surface area (Å²) in [5, 5.41) is 12.9. The number of phenolic OH excluding ortho intramolecular Hbond substituents is 1. The summed E-state index contributed by atoms with van der Waals surface area (Å²) < 4.78 is 5.86. The minimum Gasteiger partial charge on any atom is -0.508 e. The van der Waals surface area contributed by atoms with Crippen LogP contribution in [0.15, 0.2) is 26.7 Å². The number of thiazole rings is 1. The molecule has 2 heterocycles. The molecule has 6 heteroatoms. The molecule has 0 aliphatic heterocycles. The van der Waals surface area contributed by atoms with Crippen molar-refractivity contribution in [1.29, 1.82) is 0 Å². The average Bonchev–Trinajstić information content (AvgIpc) is 2.92. The highest BCUT2D eigenvalue weighted by Gasteiger charge is 2.22. The van der Waals surface area contributed by atoms with Crippen molar-refractivity contribution in [3.05, 3.63) is 44.8 Å². The summed E-state index contributed by atoms with van der Waals surface area (Å²) >= 11 is 1.39. The molecule has 1 atom stereocenters. The monoisotopic (exact) mass is 330 g/mol. The van der Waals surface area contributed by atoms with Gasteiger partial charge in [0.2, 0.25) is 5.43 Å². The summed E-state index contributed by atoms with van der Waals surface area (Å²) in [7, 11) is 0. The molecule has 0 radical (unpaired) electrons. The minimum absolute atomic E-state index is 0.122. The predicted molar refractivity (Wildman–Crippen MR) is 92.0 cm³/mol. The number of rotatable bonds is 3.